The van der Waals surface area contributed by atoms with Gasteiger partial charge in [-0.15, -0.1) is 10.2 Å². The summed E-state index contributed by atoms with van der Waals surface area (Å²) in [6.45, 7) is 0. The predicted octanol–water partition coefficient (Wildman–Crippen LogP) is 5.87. The fourth-order valence-corrected chi connectivity index (χ4v) is 2.97. The second-order valence-corrected chi connectivity index (χ2v) is 6.47. The molecule has 0 aliphatic heterocycles. The molecule has 0 amide bonds. The summed E-state index contributed by atoms with van der Waals surface area (Å²) in [6.07, 6.45) is 0. The first kappa shape index (κ1) is 18.1. The highest BCUT2D eigenvalue weighted by atomic mass is 35.5. The molecule has 0 fully saturated rings. The van der Waals surface area contributed by atoms with Crippen molar-refractivity contribution in [2.24, 2.45) is 0 Å². The summed E-state index contributed by atoms with van der Waals surface area (Å²) >= 11 is 6.21. The van der Waals surface area contributed by atoms with Crippen LogP contribution in [0.5, 0.6) is 0 Å². The number of anilines is 1. The molecular weight excluding hydrogens is 384 g/mol. The van der Waals surface area contributed by atoms with Gasteiger partial charge in [0.15, 0.2) is 0 Å². The van der Waals surface area contributed by atoms with Crippen molar-refractivity contribution in [3.63, 3.8) is 0 Å². The number of nitrogens with one attached hydrogen (secondary N) is 1. The van der Waals surface area contributed by atoms with Crippen molar-refractivity contribution >= 4 is 17.3 Å². The van der Waals surface area contributed by atoms with E-state index in [1.54, 1.807) is 42.5 Å². The maximum absolute atomic E-state index is 13.4. The van der Waals surface area contributed by atoms with Crippen molar-refractivity contribution in [3.8, 4) is 11.5 Å². The van der Waals surface area contributed by atoms with E-state index in [0.29, 0.717) is 21.8 Å². The Morgan fingerprint density at radius 2 is 1.46 bits per heavy atom. The van der Waals surface area contributed by atoms with Gasteiger partial charge in [0, 0.05) is 5.69 Å². The minimum atomic E-state index is -0.560. The lowest BCUT2D eigenvalue weighted by Crippen LogP contribution is -2.13. The molecule has 28 heavy (non-hydrogen) atoms. The third-order valence-corrected chi connectivity index (χ3v) is 4.48. The minimum absolute atomic E-state index is 0.269. The zero-order valence-electron chi connectivity index (χ0n) is 14.4. The van der Waals surface area contributed by atoms with Crippen LogP contribution >= 0.6 is 11.6 Å². The molecule has 0 radical (unpaired) electrons. The van der Waals surface area contributed by atoms with Crippen LogP contribution in [0.2, 0.25) is 5.02 Å². The van der Waals surface area contributed by atoms with Crippen molar-refractivity contribution in [2.75, 3.05) is 5.32 Å². The molecule has 140 valence electrons. The Kier molecular flexibility index (Phi) is 5.04. The average Bonchev–Trinajstić information content (AvgIpc) is 3.18. The Bertz CT molecular complexity index is 1080. The summed E-state index contributed by atoms with van der Waals surface area (Å²) in [5.74, 6) is -0.159. The maximum atomic E-state index is 13.4. The number of hydrogen-bond acceptors (Lipinski definition) is 4. The average molecular weight is 398 g/mol. The fourth-order valence-electron chi connectivity index (χ4n) is 2.75. The third kappa shape index (κ3) is 3.87. The van der Waals surface area contributed by atoms with Gasteiger partial charge in [0.25, 0.3) is 0 Å². The monoisotopic (exact) mass is 397 g/mol. The number of nitrogens with zero attached hydrogens (tertiary/aromatic N) is 2. The van der Waals surface area contributed by atoms with E-state index in [2.05, 4.69) is 15.5 Å². The van der Waals surface area contributed by atoms with Crippen molar-refractivity contribution in [1.82, 2.24) is 10.2 Å². The number of rotatable bonds is 5. The molecule has 0 bridgehead atoms. The Morgan fingerprint density at radius 3 is 2.14 bits per heavy atom. The molecule has 0 aliphatic rings. The molecule has 0 spiro atoms. The van der Waals surface area contributed by atoms with Crippen molar-refractivity contribution in [1.29, 1.82) is 0 Å². The van der Waals surface area contributed by atoms with Crippen LogP contribution in [0.25, 0.3) is 11.5 Å². The highest BCUT2D eigenvalue weighted by molar-refractivity contribution is 6.33. The van der Waals surface area contributed by atoms with E-state index >= 15 is 0 Å². The van der Waals surface area contributed by atoms with Gasteiger partial charge in [-0.25, -0.2) is 8.78 Å². The number of benzene rings is 3. The molecule has 4 aromatic rings. The van der Waals surface area contributed by atoms with E-state index in [-0.39, 0.29) is 23.4 Å². The Balaban J connectivity index is 1.72. The van der Waals surface area contributed by atoms with Gasteiger partial charge in [-0.2, -0.15) is 0 Å². The van der Waals surface area contributed by atoms with Crippen LogP contribution < -0.4 is 5.32 Å². The van der Waals surface area contributed by atoms with E-state index in [0.717, 1.165) is 0 Å². The van der Waals surface area contributed by atoms with Gasteiger partial charge in [0.2, 0.25) is 11.8 Å². The summed E-state index contributed by atoms with van der Waals surface area (Å²) in [4.78, 5) is 0. The van der Waals surface area contributed by atoms with Gasteiger partial charge in [-0.05, 0) is 54.1 Å². The van der Waals surface area contributed by atoms with Gasteiger partial charge >= 0.3 is 0 Å². The van der Waals surface area contributed by atoms with Crippen LogP contribution in [0, 0.1) is 11.6 Å². The standard InChI is InChI=1S/C21H14ClF2N3O/c22-18-4-2-1-3-17(18)20-26-27-21(28-20)19(13-5-7-14(23)8-6-13)25-16-11-9-15(24)10-12-16/h1-12,19,25H/t19-/m1/s1. The summed E-state index contributed by atoms with van der Waals surface area (Å²) in [5, 5.41) is 11.9. The number of halogens is 3. The topological polar surface area (TPSA) is 51.0 Å². The number of aromatic nitrogens is 2. The maximum Gasteiger partial charge on any atom is 0.249 e. The van der Waals surface area contributed by atoms with E-state index < -0.39 is 6.04 Å². The first-order valence-electron chi connectivity index (χ1n) is 8.46. The lowest BCUT2D eigenvalue weighted by molar-refractivity contribution is 0.494. The number of hydrogen-bond donors (Lipinski definition) is 1. The second-order valence-electron chi connectivity index (χ2n) is 6.06. The van der Waals surface area contributed by atoms with Crippen LogP contribution in [-0.2, 0) is 0 Å². The highest BCUT2D eigenvalue weighted by Crippen LogP contribution is 2.31. The summed E-state index contributed by atoms with van der Waals surface area (Å²) in [6, 6.07) is 18.4. The third-order valence-electron chi connectivity index (χ3n) is 4.15. The summed E-state index contributed by atoms with van der Waals surface area (Å²) < 4.78 is 32.4. The molecule has 3 aromatic carbocycles. The Morgan fingerprint density at radius 1 is 0.821 bits per heavy atom. The quantitative estimate of drug-likeness (QED) is 0.457. The van der Waals surface area contributed by atoms with E-state index in [4.69, 9.17) is 16.0 Å². The van der Waals surface area contributed by atoms with Crippen LogP contribution in [-0.4, -0.2) is 10.2 Å². The van der Waals surface area contributed by atoms with E-state index in [9.17, 15) is 8.78 Å². The van der Waals surface area contributed by atoms with Gasteiger partial charge < -0.3 is 9.73 Å². The molecule has 4 nitrogen and oxygen atoms in total. The Hall–Kier alpha value is -3.25. The molecule has 0 aliphatic carbocycles. The van der Waals surface area contributed by atoms with Crippen LogP contribution in [0.15, 0.2) is 77.2 Å². The lowest BCUT2D eigenvalue weighted by Gasteiger charge is -2.17. The molecule has 1 N–H and O–H groups in total. The SMILES string of the molecule is Fc1ccc(N[C@H](c2ccc(F)cc2)c2nnc(-c3ccccc3Cl)o2)cc1. The largest absolute Gasteiger partial charge is 0.418 e. The fraction of sp³-hybridized carbons (Fsp3) is 0.0476. The van der Waals surface area contributed by atoms with Gasteiger partial charge in [0.1, 0.15) is 17.7 Å². The van der Waals surface area contributed by atoms with Crippen LogP contribution in [0.3, 0.4) is 0 Å². The van der Waals surface area contributed by atoms with Gasteiger partial charge in [-0.3, -0.25) is 0 Å². The molecule has 0 saturated carbocycles. The zero-order chi connectivity index (χ0) is 19.5. The molecule has 0 unspecified atom stereocenters. The molecule has 4 rings (SSSR count). The normalized spacial score (nSPS) is 12.0. The van der Waals surface area contributed by atoms with Crippen molar-refractivity contribution < 1.29 is 13.2 Å². The van der Waals surface area contributed by atoms with Gasteiger partial charge in [-0.1, -0.05) is 35.9 Å². The van der Waals surface area contributed by atoms with E-state index in [1.807, 2.05) is 6.07 Å². The summed E-state index contributed by atoms with van der Waals surface area (Å²) in [5.41, 5.74) is 1.97. The van der Waals surface area contributed by atoms with Crippen LogP contribution in [0.1, 0.15) is 17.5 Å². The molecule has 1 heterocycles. The van der Waals surface area contributed by atoms with Crippen molar-refractivity contribution in [2.45, 2.75) is 6.04 Å². The molecule has 1 aromatic heterocycles. The summed E-state index contributed by atoms with van der Waals surface area (Å²) in [7, 11) is 0. The molecule has 0 saturated heterocycles. The molecule has 1 atom stereocenters. The van der Waals surface area contributed by atoms with Crippen LogP contribution in [0.4, 0.5) is 14.5 Å². The smallest absolute Gasteiger partial charge is 0.249 e. The van der Waals surface area contributed by atoms with Gasteiger partial charge in [0.05, 0.1) is 10.6 Å². The Labute approximate surface area is 164 Å². The predicted molar refractivity (Wildman–Crippen MR) is 103 cm³/mol. The first-order chi connectivity index (χ1) is 13.6. The first-order valence-corrected chi connectivity index (χ1v) is 8.84. The zero-order valence-corrected chi connectivity index (χ0v) is 15.2. The second kappa shape index (κ2) is 7.78. The lowest BCUT2D eigenvalue weighted by atomic mass is 10.1. The van der Waals surface area contributed by atoms with E-state index in [1.165, 1.54) is 24.3 Å². The minimum Gasteiger partial charge on any atom is -0.418 e. The van der Waals surface area contributed by atoms with Crippen molar-refractivity contribution in [3.05, 3.63) is 101 Å². The molecular formula is C21H14ClF2N3O. The molecule has 7 heteroatoms. The highest BCUT2D eigenvalue weighted by Gasteiger charge is 2.22.